The monoisotopic (exact) mass is 1470 g/mol. The van der Waals surface area contributed by atoms with Gasteiger partial charge >= 0.3 is 39.5 Å². The van der Waals surface area contributed by atoms with Gasteiger partial charge in [0, 0.05) is 25.7 Å². The van der Waals surface area contributed by atoms with Crippen LogP contribution in [-0.4, -0.2) is 96.7 Å². The van der Waals surface area contributed by atoms with Gasteiger partial charge in [-0.2, -0.15) is 0 Å². The first kappa shape index (κ1) is 98.1. The number of aliphatic hydroxyl groups excluding tert-OH is 1. The van der Waals surface area contributed by atoms with Crippen LogP contribution < -0.4 is 0 Å². The number of carbonyl (C=O) groups is 4. The maximum atomic E-state index is 13.1. The quantitative estimate of drug-likeness (QED) is 0.0222. The predicted octanol–water partition coefficient (Wildman–Crippen LogP) is 24.0. The first-order chi connectivity index (χ1) is 48.1. The smallest absolute Gasteiger partial charge is 0.462 e. The number of phosphoric acid groups is 2. The second-order valence-electron chi connectivity index (χ2n) is 30.8. The van der Waals surface area contributed by atoms with Crippen molar-refractivity contribution >= 4 is 39.5 Å². The number of hydrogen-bond acceptors (Lipinski definition) is 15. The van der Waals surface area contributed by atoms with E-state index in [0.29, 0.717) is 25.7 Å². The molecule has 6 atom stereocenters. The highest BCUT2D eigenvalue weighted by molar-refractivity contribution is 7.47. The predicted molar refractivity (Wildman–Crippen MR) is 409 cm³/mol. The molecule has 3 unspecified atom stereocenters. The zero-order valence-corrected chi connectivity index (χ0v) is 67.6. The first-order valence-electron chi connectivity index (χ1n) is 41.7. The minimum atomic E-state index is -4.96. The Balaban J connectivity index is 5.25. The number of aliphatic hydroxyl groups is 1. The van der Waals surface area contributed by atoms with E-state index in [1.807, 2.05) is 0 Å². The Labute approximate surface area is 613 Å². The molecule has 0 rings (SSSR count). The summed E-state index contributed by atoms with van der Waals surface area (Å²) in [5.41, 5.74) is 0. The van der Waals surface area contributed by atoms with Crippen molar-refractivity contribution < 1.29 is 80.2 Å². The maximum Gasteiger partial charge on any atom is 0.472 e. The fraction of sp³-hybridized carbons (Fsp3) is 0.951. The van der Waals surface area contributed by atoms with Gasteiger partial charge in [0.25, 0.3) is 0 Å². The van der Waals surface area contributed by atoms with Crippen LogP contribution in [0.1, 0.15) is 415 Å². The SMILES string of the molecule is CCC(C)CCCCCCCCCCC(=O)OC[C@H](COP(=O)(O)OC[C@H](O)COP(=O)(O)OC[C@@H](COC(=O)CCCCCCCCCCCCCCCCC(C)C)OC(=O)CCCCCCCCCCCCCCCCCCC(C)C)OC(=O)CCCCCCCCCCCC(C)C. The molecule has 0 aromatic heterocycles. The molecule has 594 valence electrons. The summed E-state index contributed by atoms with van der Waals surface area (Å²) >= 11 is 0. The molecule has 0 spiro atoms. The molecule has 0 aliphatic heterocycles. The van der Waals surface area contributed by atoms with Gasteiger partial charge in [-0.05, 0) is 49.4 Å². The molecule has 0 aliphatic carbocycles. The highest BCUT2D eigenvalue weighted by Crippen LogP contribution is 2.45. The van der Waals surface area contributed by atoms with Crippen LogP contribution in [0, 0.1) is 23.7 Å². The van der Waals surface area contributed by atoms with Crippen LogP contribution >= 0.6 is 15.6 Å². The fourth-order valence-corrected chi connectivity index (χ4v) is 14.0. The summed E-state index contributed by atoms with van der Waals surface area (Å²) in [6.45, 7) is 14.3. The second kappa shape index (κ2) is 70.1. The van der Waals surface area contributed by atoms with Crippen molar-refractivity contribution in [1.29, 1.82) is 0 Å². The Morgan fingerprint density at radius 2 is 0.480 bits per heavy atom. The van der Waals surface area contributed by atoms with E-state index in [0.717, 1.165) is 114 Å². The highest BCUT2D eigenvalue weighted by atomic mass is 31.2. The number of carbonyl (C=O) groups excluding carboxylic acids is 4. The van der Waals surface area contributed by atoms with E-state index in [1.54, 1.807) is 0 Å². The third kappa shape index (κ3) is 73.0. The van der Waals surface area contributed by atoms with Gasteiger partial charge in [-0.15, -0.1) is 0 Å². The summed E-state index contributed by atoms with van der Waals surface area (Å²) in [7, 11) is -9.92. The summed E-state index contributed by atoms with van der Waals surface area (Å²) in [4.78, 5) is 73.0. The maximum absolute atomic E-state index is 13.1. The Hall–Kier alpha value is -1.94. The van der Waals surface area contributed by atoms with Gasteiger partial charge in [-0.25, -0.2) is 9.13 Å². The van der Waals surface area contributed by atoms with Crippen LogP contribution in [0.3, 0.4) is 0 Å². The lowest BCUT2D eigenvalue weighted by molar-refractivity contribution is -0.161. The molecule has 0 amide bonds. The van der Waals surface area contributed by atoms with E-state index < -0.39 is 97.5 Å². The molecule has 19 heteroatoms. The summed E-state index contributed by atoms with van der Waals surface area (Å²) in [5, 5.41) is 10.6. The zero-order chi connectivity index (χ0) is 73.8. The highest BCUT2D eigenvalue weighted by Gasteiger charge is 2.30. The molecule has 0 saturated heterocycles. The largest absolute Gasteiger partial charge is 0.472 e. The van der Waals surface area contributed by atoms with Gasteiger partial charge in [0.05, 0.1) is 26.4 Å². The molecule has 0 radical (unpaired) electrons. The molecule has 0 heterocycles. The lowest BCUT2D eigenvalue weighted by Crippen LogP contribution is -2.30. The number of unbranched alkanes of at least 4 members (excludes halogenated alkanes) is 43. The van der Waals surface area contributed by atoms with E-state index in [4.69, 9.17) is 37.0 Å². The van der Waals surface area contributed by atoms with E-state index in [9.17, 15) is 43.2 Å². The molecule has 3 N–H and O–H groups in total. The van der Waals surface area contributed by atoms with Crippen molar-refractivity contribution in [2.45, 2.75) is 433 Å². The van der Waals surface area contributed by atoms with Crippen LogP contribution in [0.4, 0.5) is 0 Å². The molecule has 0 aliphatic rings. The van der Waals surface area contributed by atoms with Gasteiger partial charge in [0.2, 0.25) is 0 Å². The number of rotatable bonds is 78. The molecule has 0 saturated carbocycles. The molecule has 100 heavy (non-hydrogen) atoms. The average Bonchev–Trinajstić information content (AvgIpc) is 0.921. The van der Waals surface area contributed by atoms with E-state index in [2.05, 4.69) is 55.4 Å². The molecule has 0 fully saturated rings. The van der Waals surface area contributed by atoms with Crippen LogP contribution in [-0.2, 0) is 65.4 Å². The van der Waals surface area contributed by atoms with Gasteiger partial charge in [0.1, 0.15) is 19.3 Å². The molecule has 17 nitrogen and oxygen atoms in total. The minimum absolute atomic E-state index is 0.105. The van der Waals surface area contributed by atoms with Gasteiger partial charge < -0.3 is 33.8 Å². The lowest BCUT2D eigenvalue weighted by atomic mass is 9.99. The lowest BCUT2D eigenvalue weighted by Gasteiger charge is -2.21. The Morgan fingerprint density at radius 1 is 0.280 bits per heavy atom. The number of ether oxygens (including phenoxy) is 4. The molecular formula is C81H158O17P2. The average molecular weight is 1470 g/mol. The Bertz CT molecular complexity index is 1960. The summed E-state index contributed by atoms with van der Waals surface area (Å²) in [5.74, 6) is 1.01. The molecule has 0 aromatic carbocycles. The van der Waals surface area contributed by atoms with Gasteiger partial charge in [-0.3, -0.25) is 37.3 Å². The van der Waals surface area contributed by atoms with Crippen LogP contribution in [0.15, 0.2) is 0 Å². The standard InChI is InChI=1S/C81H158O17P2/c1-9-74(8)60-52-44-36-31-32-38-46-54-62-79(84)92-68-77(98-81(86)64-56-48-40-30-24-27-35-43-51-59-73(6)7)70-96-100(89,90)94-66-75(82)65-93-99(87,88)95-69-76(67-91-78(83)61-53-45-37-28-22-18-15-14-17-21-26-34-42-50-58-72(4)5)97-80(85)63-55-47-39-29-23-19-13-11-10-12-16-20-25-33-41-49-57-71(2)3/h71-77,82H,9-70H2,1-8H3,(H,87,88)(H,89,90)/t74?,75-,76-,77-/m1/s1. The van der Waals surface area contributed by atoms with Crippen LogP contribution in [0.25, 0.3) is 0 Å². The number of hydrogen-bond donors (Lipinski definition) is 3. The van der Waals surface area contributed by atoms with E-state index >= 15 is 0 Å². The Kier molecular flexibility index (Phi) is 68.7. The third-order valence-corrected chi connectivity index (χ3v) is 21.1. The first-order valence-corrected chi connectivity index (χ1v) is 44.7. The van der Waals surface area contributed by atoms with Crippen molar-refractivity contribution in [2.75, 3.05) is 39.6 Å². The van der Waals surface area contributed by atoms with E-state index in [1.165, 1.54) is 218 Å². The summed E-state index contributed by atoms with van der Waals surface area (Å²) in [6.07, 6.45) is 56.8. The van der Waals surface area contributed by atoms with Crippen LogP contribution in [0.5, 0.6) is 0 Å². The van der Waals surface area contributed by atoms with Gasteiger partial charge in [0.15, 0.2) is 12.2 Å². The fourth-order valence-electron chi connectivity index (χ4n) is 12.4. The van der Waals surface area contributed by atoms with Crippen molar-refractivity contribution in [3.8, 4) is 0 Å². The normalized spacial score (nSPS) is 14.3. The van der Waals surface area contributed by atoms with E-state index in [-0.39, 0.29) is 25.7 Å². The molecule has 0 bridgehead atoms. The topological polar surface area (TPSA) is 237 Å². The minimum Gasteiger partial charge on any atom is -0.462 e. The van der Waals surface area contributed by atoms with Crippen LogP contribution in [0.2, 0.25) is 0 Å². The zero-order valence-electron chi connectivity index (χ0n) is 65.8. The number of phosphoric ester groups is 2. The van der Waals surface area contributed by atoms with Crippen molar-refractivity contribution in [3.63, 3.8) is 0 Å². The Morgan fingerprint density at radius 3 is 0.710 bits per heavy atom. The number of esters is 4. The van der Waals surface area contributed by atoms with Crippen molar-refractivity contribution in [1.82, 2.24) is 0 Å². The molecular weight excluding hydrogens is 1310 g/mol. The van der Waals surface area contributed by atoms with Gasteiger partial charge in [-0.1, -0.05) is 364 Å². The van der Waals surface area contributed by atoms with Crippen molar-refractivity contribution in [3.05, 3.63) is 0 Å². The third-order valence-electron chi connectivity index (χ3n) is 19.2. The second-order valence-corrected chi connectivity index (χ2v) is 33.7. The summed E-state index contributed by atoms with van der Waals surface area (Å²) < 4.78 is 68.7. The van der Waals surface area contributed by atoms with Crippen molar-refractivity contribution in [2.24, 2.45) is 23.7 Å². The molecule has 0 aromatic rings. The summed E-state index contributed by atoms with van der Waals surface area (Å²) in [6, 6.07) is 0.